The average Bonchev–Trinajstić information content (AvgIpc) is 3.17. The van der Waals surface area contributed by atoms with Crippen LogP contribution in [0, 0.1) is 19.8 Å². The van der Waals surface area contributed by atoms with Crippen molar-refractivity contribution in [3.63, 3.8) is 0 Å². The molecule has 2 amide bonds. The van der Waals surface area contributed by atoms with Crippen molar-refractivity contribution in [3.8, 4) is 11.6 Å². The highest BCUT2D eigenvalue weighted by Gasteiger charge is 2.27. The first-order chi connectivity index (χ1) is 16.3. The first-order valence-electron chi connectivity index (χ1n) is 11.2. The van der Waals surface area contributed by atoms with E-state index in [-0.39, 0.29) is 17.7 Å². The summed E-state index contributed by atoms with van der Waals surface area (Å²) >= 11 is 0. The average molecular weight is 464 g/mol. The van der Waals surface area contributed by atoms with Crippen LogP contribution in [0.5, 0.6) is 5.75 Å². The predicted molar refractivity (Wildman–Crippen MR) is 129 cm³/mol. The zero-order valence-electron chi connectivity index (χ0n) is 19.8. The van der Waals surface area contributed by atoms with E-state index in [2.05, 4.69) is 30.8 Å². The maximum absolute atomic E-state index is 13.1. The Hall–Kier alpha value is -3.95. The van der Waals surface area contributed by atoms with Crippen LogP contribution in [0.25, 0.3) is 5.82 Å². The Bertz CT molecular complexity index is 1190. The van der Waals surface area contributed by atoms with Crippen LogP contribution in [0.15, 0.2) is 36.4 Å². The number of hydrogen-bond donors (Lipinski definition) is 2. The normalized spacial score (nSPS) is 15.6. The molecule has 1 aromatic carbocycles. The molecule has 1 fully saturated rings. The fourth-order valence-corrected chi connectivity index (χ4v) is 4.18. The quantitative estimate of drug-likeness (QED) is 0.577. The van der Waals surface area contributed by atoms with Crippen molar-refractivity contribution >= 4 is 29.0 Å². The maximum atomic E-state index is 13.1. The van der Waals surface area contributed by atoms with Crippen LogP contribution in [0.2, 0.25) is 0 Å². The lowest BCUT2D eigenvalue weighted by molar-refractivity contribution is -0.120. The summed E-state index contributed by atoms with van der Waals surface area (Å²) in [6.45, 7) is 6.69. The Balaban J connectivity index is 1.45. The van der Waals surface area contributed by atoms with Gasteiger partial charge in [0.25, 0.3) is 0 Å². The van der Waals surface area contributed by atoms with Gasteiger partial charge in [0, 0.05) is 31.4 Å². The number of ether oxygens (including phenoxy) is 1. The fourth-order valence-electron chi connectivity index (χ4n) is 4.18. The van der Waals surface area contributed by atoms with Gasteiger partial charge in [-0.1, -0.05) is 0 Å². The molecule has 178 valence electrons. The molecule has 0 bridgehead atoms. The zero-order valence-corrected chi connectivity index (χ0v) is 19.8. The minimum Gasteiger partial charge on any atom is -0.495 e. The molecule has 0 spiro atoms. The van der Waals surface area contributed by atoms with Crippen LogP contribution < -0.4 is 20.3 Å². The van der Waals surface area contributed by atoms with Gasteiger partial charge >= 0.3 is 0 Å². The third-order valence-corrected chi connectivity index (χ3v) is 5.76. The van der Waals surface area contributed by atoms with Gasteiger partial charge < -0.3 is 20.3 Å². The van der Waals surface area contributed by atoms with Gasteiger partial charge in [-0.15, -0.1) is 10.2 Å². The lowest BCUT2D eigenvalue weighted by Gasteiger charge is -2.32. The van der Waals surface area contributed by atoms with E-state index in [1.165, 1.54) is 6.92 Å². The molecule has 2 N–H and O–H groups in total. The summed E-state index contributed by atoms with van der Waals surface area (Å²) in [4.78, 5) is 26.6. The minimum atomic E-state index is -0.222. The van der Waals surface area contributed by atoms with E-state index in [0.29, 0.717) is 29.5 Å². The lowest BCUT2D eigenvalue weighted by Crippen LogP contribution is -2.41. The Kier molecular flexibility index (Phi) is 6.76. The Morgan fingerprint density at radius 2 is 1.82 bits per heavy atom. The largest absolute Gasteiger partial charge is 0.495 e. The first kappa shape index (κ1) is 23.2. The summed E-state index contributed by atoms with van der Waals surface area (Å²) in [5.74, 6) is 1.41. The molecule has 0 aliphatic carbocycles. The third-order valence-electron chi connectivity index (χ3n) is 5.76. The van der Waals surface area contributed by atoms with E-state index in [1.807, 2.05) is 32.0 Å². The Labute approximate surface area is 198 Å². The molecule has 1 aliphatic rings. The number of carbonyl (C=O) groups is 2. The molecular formula is C24H29N7O3. The van der Waals surface area contributed by atoms with Crippen LogP contribution in [0.4, 0.5) is 17.2 Å². The summed E-state index contributed by atoms with van der Waals surface area (Å²) in [7, 11) is 1.54. The second kappa shape index (κ2) is 9.90. The number of aromatic nitrogens is 4. The van der Waals surface area contributed by atoms with Gasteiger partial charge in [-0.05, 0) is 63.1 Å². The number of nitrogens with zero attached hydrogens (tertiary/aromatic N) is 5. The molecule has 10 heteroatoms. The number of amides is 2. The molecule has 1 unspecified atom stereocenters. The third kappa shape index (κ3) is 5.16. The smallest absolute Gasteiger partial charge is 0.229 e. The highest BCUT2D eigenvalue weighted by atomic mass is 16.5. The fraction of sp³-hybridized carbons (Fsp3) is 0.375. The second-order valence-electron chi connectivity index (χ2n) is 8.46. The van der Waals surface area contributed by atoms with E-state index >= 15 is 0 Å². The van der Waals surface area contributed by atoms with Crippen LogP contribution in [-0.2, 0) is 9.59 Å². The molecule has 34 heavy (non-hydrogen) atoms. The summed E-state index contributed by atoms with van der Waals surface area (Å²) in [6.07, 6.45) is 1.63. The summed E-state index contributed by atoms with van der Waals surface area (Å²) < 4.78 is 7.14. The number of carbonyl (C=O) groups excluding carboxylic acids is 2. The van der Waals surface area contributed by atoms with E-state index in [1.54, 1.807) is 30.0 Å². The SMILES string of the molecule is COc1ccc(NC(C)=O)cc1NC(=O)C1CCCN(c2ccc(-n3nc(C)cc3C)nn2)C1. The first-order valence-corrected chi connectivity index (χ1v) is 11.2. The van der Waals surface area contributed by atoms with Gasteiger partial charge in [-0.3, -0.25) is 9.59 Å². The van der Waals surface area contributed by atoms with E-state index in [4.69, 9.17) is 4.74 Å². The summed E-state index contributed by atoms with van der Waals surface area (Å²) in [5, 5.41) is 18.9. The van der Waals surface area contributed by atoms with Gasteiger partial charge in [0.15, 0.2) is 11.6 Å². The standard InChI is InChI=1S/C24H29N7O3/c1-15-12-16(2)31(29-15)23-10-9-22(27-28-23)30-11-5-6-18(14-30)24(33)26-20-13-19(25-17(3)32)7-8-21(20)34-4/h7-10,12-13,18H,5-6,11,14H2,1-4H3,(H,25,32)(H,26,33). The lowest BCUT2D eigenvalue weighted by atomic mass is 9.97. The number of anilines is 3. The molecular weight excluding hydrogens is 434 g/mol. The molecule has 3 aromatic rings. The minimum absolute atomic E-state index is 0.102. The highest BCUT2D eigenvalue weighted by Crippen LogP contribution is 2.30. The monoisotopic (exact) mass is 463 g/mol. The number of nitrogens with one attached hydrogen (secondary N) is 2. The molecule has 0 saturated carbocycles. The Morgan fingerprint density at radius 3 is 2.47 bits per heavy atom. The molecule has 1 atom stereocenters. The van der Waals surface area contributed by atoms with Gasteiger partial charge in [-0.2, -0.15) is 5.10 Å². The van der Waals surface area contributed by atoms with Crippen molar-refractivity contribution < 1.29 is 14.3 Å². The van der Waals surface area contributed by atoms with E-state index in [9.17, 15) is 9.59 Å². The molecule has 3 heterocycles. The predicted octanol–water partition coefficient (Wildman–Crippen LogP) is 3.10. The maximum Gasteiger partial charge on any atom is 0.229 e. The number of piperidine rings is 1. The zero-order chi connectivity index (χ0) is 24.2. The highest BCUT2D eigenvalue weighted by molar-refractivity contribution is 5.96. The van der Waals surface area contributed by atoms with E-state index < -0.39 is 0 Å². The summed E-state index contributed by atoms with van der Waals surface area (Å²) in [5.41, 5.74) is 3.02. The van der Waals surface area contributed by atoms with Crippen molar-refractivity contribution in [3.05, 3.63) is 47.8 Å². The van der Waals surface area contributed by atoms with Crippen molar-refractivity contribution in [2.24, 2.45) is 5.92 Å². The number of rotatable bonds is 6. The van der Waals surface area contributed by atoms with Gasteiger partial charge in [-0.25, -0.2) is 4.68 Å². The van der Waals surface area contributed by atoms with Crippen molar-refractivity contribution in [2.75, 3.05) is 35.7 Å². The number of hydrogen-bond acceptors (Lipinski definition) is 7. The van der Waals surface area contributed by atoms with Crippen LogP contribution in [-0.4, -0.2) is 52.0 Å². The molecule has 4 rings (SSSR count). The molecule has 0 radical (unpaired) electrons. The van der Waals surface area contributed by atoms with Crippen molar-refractivity contribution in [1.82, 2.24) is 20.0 Å². The molecule has 1 aliphatic heterocycles. The van der Waals surface area contributed by atoms with Crippen LogP contribution in [0.3, 0.4) is 0 Å². The van der Waals surface area contributed by atoms with Crippen molar-refractivity contribution in [2.45, 2.75) is 33.6 Å². The summed E-state index contributed by atoms with van der Waals surface area (Å²) in [6, 6.07) is 10.9. The van der Waals surface area contributed by atoms with Gasteiger partial charge in [0.2, 0.25) is 11.8 Å². The number of benzene rings is 1. The van der Waals surface area contributed by atoms with Gasteiger partial charge in [0.05, 0.1) is 24.4 Å². The molecule has 2 aromatic heterocycles. The van der Waals surface area contributed by atoms with Crippen molar-refractivity contribution in [1.29, 1.82) is 0 Å². The topological polar surface area (TPSA) is 114 Å². The van der Waals surface area contributed by atoms with Crippen LogP contribution >= 0.6 is 0 Å². The van der Waals surface area contributed by atoms with E-state index in [0.717, 1.165) is 36.6 Å². The van der Waals surface area contributed by atoms with Gasteiger partial charge in [0.1, 0.15) is 5.75 Å². The Morgan fingerprint density at radius 1 is 1.06 bits per heavy atom. The molecule has 1 saturated heterocycles. The van der Waals surface area contributed by atoms with Crippen LogP contribution in [0.1, 0.15) is 31.2 Å². The number of methoxy groups -OCH3 is 1. The molecule has 10 nitrogen and oxygen atoms in total. The second-order valence-corrected chi connectivity index (χ2v) is 8.46. The number of aryl methyl sites for hydroxylation is 2.